The van der Waals surface area contributed by atoms with E-state index in [-0.39, 0.29) is 30.0 Å². The third kappa shape index (κ3) is 3.63. The monoisotopic (exact) mass is 433 g/mol. The van der Waals surface area contributed by atoms with Gasteiger partial charge in [-0.3, -0.25) is 0 Å². The van der Waals surface area contributed by atoms with Crippen molar-refractivity contribution in [1.82, 2.24) is 9.97 Å². The van der Waals surface area contributed by atoms with Crippen LogP contribution in [0.3, 0.4) is 0 Å². The summed E-state index contributed by atoms with van der Waals surface area (Å²) < 4.78 is 65.0. The molecule has 5 nitrogen and oxygen atoms in total. The zero-order valence-electron chi connectivity index (χ0n) is 16.7. The third-order valence-corrected chi connectivity index (χ3v) is 5.44. The normalized spacial score (nSPS) is 18.9. The maximum atomic E-state index is 15.4. The van der Waals surface area contributed by atoms with Gasteiger partial charge in [-0.2, -0.15) is 4.39 Å². The number of rotatable bonds is 4. The molecule has 9 heteroatoms. The van der Waals surface area contributed by atoms with Crippen LogP contribution >= 0.6 is 0 Å². The molecule has 1 aliphatic heterocycles. The highest BCUT2D eigenvalue weighted by Gasteiger charge is 2.59. The van der Waals surface area contributed by atoms with Gasteiger partial charge in [-0.25, -0.2) is 28.1 Å². The number of aliphatic imine (C=N–C) groups is 1. The summed E-state index contributed by atoms with van der Waals surface area (Å²) in [7, 11) is 0. The average molecular weight is 433 g/mol. The SMILES string of the molecule is Cc1ncc2c(N=C(F)C(C)(O)C(F)(F)C3CCOc4ccc(F)cc43)cccc2n1. The predicted molar refractivity (Wildman–Crippen MR) is 107 cm³/mol. The van der Waals surface area contributed by atoms with E-state index in [1.54, 1.807) is 19.1 Å². The number of halogens is 4. The van der Waals surface area contributed by atoms with Gasteiger partial charge >= 0.3 is 0 Å². The van der Waals surface area contributed by atoms with Crippen LogP contribution in [0.5, 0.6) is 5.75 Å². The Hall–Kier alpha value is -3.07. The molecule has 0 fully saturated rings. The van der Waals surface area contributed by atoms with Crippen molar-refractivity contribution < 1.29 is 27.4 Å². The van der Waals surface area contributed by atoms with Crippen molar-refractivity contribution in [3.63, 3.8) is 0 Å². The average Bonchev–Trinajstić information content (AvgIpc) is 2.72. The lowest BCUT2D eigenvalue weighted by molar-refractivity contribution is -0.158. The summed E-state index contributed by atoms with van der Waals surface area (Å²) in [6.45, 7) is 2.26. The van der Waals surface area contributed by atoms with Gasteiger partial charge in [0.1, 0.15) is 17.4 Å². The van der Waals surface area contributed by atoms with Gasteiger partial charge in [0.25, 0.3) is 5.92 Å². The van der Waals surface area contributed by atoms with Crippen molar-refractivity contribution in [2.24, 2.45) is 4.99 Å². The Kier molecular flexibility index (Phi) is 5.17. The van der Waals surface area contributed by atoms with E-state index < -0.39 is 29.2 Å². The van der Waals surface area contributed by atoms with Crippen molar-refractivity contribution in [3.05, 3.63) is 59.8 Å². The van der Waals surface area contributed by atoms with Crippen molar-refractivity contribution in [3.8, 4) is 5.75 Å². The molecule has 0 radical (unpaired) electrons. The minimum absolute atomic E-state index is 0.00416. The van der Waals surface area contributed by atoms with Crippen LogP contribution in [0.4, 0.5) is 23.2 Å². The summed E-state index contributed by atoms with van der Waals surface area (Å²) in [6.07, 6.45) is 1.18. The first-order chi connectivity index (χ1) is 14.6. The van der Waals surface area contributed by atoms with Crippen LogP contribution in [0.1, 0.15) is 30.7 Å². The third-order valence-electron chi connectivity index (χ3n) is 5.44. The van der Waals surface area contributed by atoms with E-state index in [0.29, 0.717) is 23.7 Å². The van der Waals surface area contributed by atoms with Crippen molar-refractivity contribution in [2.45, 2.75) is 37.7 Å². The number of alkyl halides is 2. The number of benzene rings is 2. The zero-order valence-corrected chi connectivity index (χ0v) is 16.7. The Bertz CT molecular complexity index is 1180. The highest BCUT2D eigenvalue weighted by molar-refractivity contribution is 5.95. The fourth-order valence-corrected chi connectivity index (χ4v) is 3.66. The Morgan fingerprint density at radius 3 is 2.81 bits per heavy atom. The lowest BCUT2D eigenvalue weighted by Gasteiger charge is -2.38. The molecule has 1 N–H and O–H groups in total. The van der Waals surface area contributed by atoms with Crippen molar-refractivity contribution in [1.29, 1.82) is 0 Å². The van der Waals surface area contributed by atoms with Crippen molar-refractivity contribution >= 4 is 22.6 Å². The number of aliphatic hydroxyl groups is 1. The molecule has 2 unspecified atom stereocenters. The van der Waals surface area contributed by atoms with Gasteiger partial charge in [0.05, 0.1) is 23.7 Å². The Morgan fingerprint density at radius 1 is 1.26 bits per heavy atom. The molecule has 31 heavy (non-hydrogen) atoms. The molecule has 0 saturated carbocycles. The van der Waals surface area contributed by atoms with E-state index in [4.69, 9.17) is 4.74 Å². The Morgan fingerprint density at radius 2 is 2.03 bits per heavy atom. The van der Waals surface area contributed by atoms with Crippen LogP contribution in [0.25, 0.3) is 10.9 Å². The fraction of sp³-hybridized carbons (Fsp3) is 0.318. The van der Waals surface area contributed by atoms with Crippen LogP contribution in [0, 0.1) is 12.7 Å². The minimum atomic E-state index is -4.01. The van der Waals surface area contributed by atoms with E-state index in [1.165, 1.54) is 18.3 Å². The van der Waals surface area contributed by atoms with Gasteiger partial charge in [0.15, 0.2) is 5.60 Å². The Balaban J connectivity index is 1.75. The van der Waals surface area contributed by atoms with Gasteiger partial charge in [-0.1, -0.05) is 6.07 Å². The zero-order chi connectivity index (χ0) is 22.4. The molecule has 162 valence electrons. The largest absolute Gasteiger partial charge is 0.493 e. The highest BCUT2D eigenvalue weighted by atomic mass is 19.3. The number of hydrogen-bond donors (Lipinski definition) is 1. The second-order valence-corrected chi connectivity index (χ2v) is 7.60. The number of hydrogen-bond acceptors (Lipinski definition) is 5. The van der Waals surface area contributed by atoms with E-state index >= 15 is 13.2 Å². The topological polar surface area (TPSA) is 67.6 Å². The molecule has 0 aliphatic carbocycles. The molecule has 1 aliphatic rings. The molecule has 0 saturated heterocycles. The number of nitrogens with zero attached hydrogens (tertiary/aromatic N) is 3. The quantitative estimate of drug-likeness (QED) is 0.463. The van der Waals surface area contributed by atoms with Crippen LogP contribution in [0.15, 0.2) is 47.6 Å². The van der Waals surface area contributed by atoms with Gasteiger partial charge in [-0.15, -0.1) is 0 Å². The van der Waals surface area contributed by atoms with Crippen LogP contribution in [-0.2, 0) is 0 Å². The lowest BCUT2D eigenvalue weighted by atomic mass is 9.79. The summed E-state index contributed by atoms with van der Waals surface area (Å²) in [4.78, 5) is 11.9. The maximum absolute atomic E-state index is 15.4. The molecule has 0 amide bonds. The van der Waals surface area contributed by atoms with Crippen molar-refractivity contribution in [2.75, 3.05) is 6.61 Å². The summed E-state index contributed by atoms with van der Waals surface area (Å²) in [5, 5.41) is 11.0. The van der Waals surface area contributed by atoms with E-state index in [9.17, 15) is 9.50 Å². The summed E-state index contributed by atoms with van der Waals surface area (Å²) in [6, 6.07) is 7.86. The van der Waals surface area contributed by atoms with Crippen LogP contribution < -0.4 is 4.74 Å². The molecule has 2 aromatic carbocycles. The lowest BCUT2D eigenvalue weighted by Crippen LogP contribution is -2.54. The maximum Gasteiger partial charge on any atom is 0.290 e. The predicted octanol–water partition coefficient (Wildman–Crippen LogP) is 5.03. The van der Waals surface area contributed by atoms with E-state index in [0.717, 1.165) is 12.1 Å². The minimum Gasteiger partial charge on any atom is -0.493 e. The van der Waals surface area contributed by atoms with Gasteiger partial charge in [0, 0.05) is 17.1 Å². The second-order valence-electron chi connectivity index (χ2n) is 7.60. The summed E-state index contributed by atoms with van der Waals surface area (Å²) >= 11 is 0. The first-order valence-electron chi connectivity index (χ1n) is 9.60. The fourth-order valence-electron chi connectivity index (χ4n) is 3.66. The molecule has 0 bridgehead atoms. The molecule has 2 heterocycles. The Labute approximate surface area is 175 Å². The van der Waals surface area contributed by atoms with E-state index in [1.807, 2.05) is 0 Å². The number of aromatic nitrogens is 2. The molecular formula is C22H19F4N3O2. The molecule has 2 atom stereocenters. The first kappa shape index (κ1) is 21.2. The number of fused-ring (bicyclic) bond motifs is 2. The molecule has 4 rings (SSSR count). The van der Waals surface area contributed by atoms with Crippen LogP contribution in [0.2, 0.25) is 0 Å². The number of ether oxygens (including phenoxy) is 1. The second kappa shape index (κ2) is 7.56. The molecule has 0 spiro atoms. The van der Waals surface area contributed by atoms with Crippen LogP contribution in [-0.4, -0.2) is 39.2 Å². The van der Waals surface area contributed by atoms with Gasteiger partial charge in [0.2, 0.25) is 5.97 Å². The van der Waals surface area contributed by atoms with E-state index in [2.05, 4.69) is 15.0 Å². The highest BCUT2D eigenvalue weighted by Crippen LogP contribution is 2.49. The standard InChI is InChI=1S/C22H19F4N3O2/c1-12-27-11-15-17(28-12)4-3-5-18(15)29-20(24)21(2,30)22(25,26)16-8-9-31-19-7-6-13(23)10-14(16)19/h3-7,10-11,16,30H,8-9H2,1-2H3. The first-order valence-corrected chi connectivity index (χ1v) is 9.60. The summed E-state index contributed by atoms with van der Waals surface area (Å²) in [5.74, 6) is -7.52. The summed E-state index contributed by atoms with van der Waals surface area (Å²) in [5.41, 5.74) is -2.92. The molecular weight excluding hydrogens is 414 g/mol. The molecule has 1 aromatic heterocycles. The number of aryl methyl sites for hydroxylation is 1. The molecule has 3 aromatic rings. The van der Waals surface area contributed by atoms with Gasteiger partial charge < -0.3 is 9.84 Å². The smallest absolute Gasteiger partial charge is 0.290 e. The van der Waals surface area contributed by atoms with Gasteiger partial charge in [-0.05, 0) is 50.6 Å².